The smallest absolute Gasteiger partial charge is 0.265 e. The quantitative estimate of drug-likeness (QED) is 0.0235. The summed E-state index contributed by atoms with van der Waals surface area (Å²) in [6.45, 7) is 7.70. The molecule has 16 nitrogen and oxygen atoms in total. The van der Waals surface area contributed by atoms with Crippen LogP contribution in [0.5, 0.6) is 0 Å². The van der Waals surface area contributed by atoms with E-state index in [9.17, 15) is 37.3 Å². The minimum absolute atomic E-state index is 0.135. The van der Waals surface area contributed by atoms with Gasteiger partial charge >= 0.3 is 0 Å². The molecule has 0 saturated carbocycles. The zero-order valence-electron chi connectivity index (χ0n) is 29.3. The van der Waals surface area contributed by atoms with Gasteiger partial charge in [-0.1, -0.05) is 0 Å². The molecule has 0 unspecified atom stereocenters. The summed E-state index contributed by atoms with van der Waals surface area (Å²) in [6.07, 6.45) is 0.383. The fourth-order valence-corrected chi connectivity index (χ4v) is 7.16. The van der Waals surface area contributed by atoms with E-state index in [1.54, 1.807) is 0 Å². The van der Waals surface area contributed by atoms with Gasteiger partial charge in [-0.2, -0.15) is 16.8 Å². The molecule has 0 atom stereocenters. The first-order chi connectivity index (χ1) is 23.6. The van der Waals surface area contributed by atoms with E-state index >= 15 is 0 Å². The van der Waals surface area contributed by atoms with Crippen molar-refractivity contribution in [1.82, 2.24) is 0 Å². The molecular weight excluding hydrogens is 813 g/mol. The summed E-state index contributed by atoms with van der Waals surface area (Å²) in [5, 5.41) is 38.4. The molecule has 0 fully saturated rings. The van der Waals surface area contributed by atoms with Crippen LogP contribution in [0.15, 0.2) is 18.2 Å². The number of hydrogen-bond donors (Lipinski definition) is 6. The summed E-state index contributed by atoms with van der Waals surface area (Å²) in [7, 11) is -8.21. The molecule has 1 rings (SSSR count). The molecule has 0 bridgehead atoms. The van der Waals surface area contributed by atoms with E-state index in [0.29, 0.717) is 105 Å². The largest absolute Gasteiger partial charge is 0.391 e. The van der Waals surface area contributed by atoms with Gasteiger partial charge in [0.05, 0.1) is 90.7 Å². The molecule has 0 radical (unpaired) electrons. The third-order valence-corrected chi connectivity index (χ3v) is 11.5. The topological polar surface area (TPSA) is 221 Å². The summed E-state index contributed by atoms with van der Waals surface area (Å²) in [6, 6.07) is 6.19. The molecule has 1 aromatic carbocycles. The summed E-state index contributed by atoms with van der Waals surface area (Å²) in [4.78, 5) is 2.15. The Labute approximate surface area is 311 Å². The third kappa shape index (κ3) is 21.0. The molecule has 294 valence electrons. The highest BCUT2D eigenvalue weighted by Gasteiger charge is 2.28. The molecule has 19 heteroatoms. The van der Waals surface area contributed by atoms with Crippen LogP contribution in [0.3, 0.4) is 0 Å². The van der Waals surface area contributed by atoms with Gasteiger partial charge in [-0.15, -0.1) is 0 Å². The van der Waals surface area contributed by atoms with E-state index in [-0.39, 0.29) is 59.7 Å². The molecule has 0 saturated heterocycles. The standard InChI is InChI=1S/C31H58IN3O13S2/c1-29-28-30(4-5-31(29)32)33(6-20-46-22-14-34(10-16-36,11-17-37)8-2-26-49(40,41)42)7-21-47-24-25-48-23-15-35(12-18-38,13-19-39)9-3-27-50(43,44)45/h4-5,28,36-39H,2-3,6-27H2,1H3/p+2. The second-order valence-corrected chi connectivity index (χ2v) is 16.7. The highest BCUT2D eigenvalue weighted by molar-refractivity contribution is 14.1. The molecular formula is C31H60IN3O13S2+2. The average Bonchev–Trinajstić information content (AvgIpc) is 3.02. The van der Waals surface area contributed by atoms with Crippen LogP contribution in [-0.2, 0) is 34.4 Å². The van der Waals surface area contributed by atoms with Crippen LogP contribution in [0.25, 0.3) is 0 Å². The summed E-state index contributed by atoms with van der Waals surface area (Å²) in [5.74, 6) is -0.777. The Hall–Kier alpha value is -0.790. The number of hydrogen-bond acceptors (Lipinski definition) is 12. The van der Waals surface area contributed by atoms with Crippen molar-refractivity contribution in [3.8, 4) is 0 Å². The van der Waals surface area contributed by atoms with Crippen molar-refractivity contribution in [1.29, 1.82) is 0 Å². The second-order valence-electron chi connectivity index (χ2n) is 12.4. The van der Waals surface area contributed by atoms with Gasteiger partial charge < -0.3 is 48.5 Å². The predicted octanol–water partition coefficient (Wildman–Crippen LogP) is -0.386. The lowest BCUT2D eigenvalue weighted by molar-refractivity contribution is -0.929. The molecule has 1 aromatic rings. The lowest BCUT2D eigenvalue weighted by Gasteiger charge is -2.38. The first-order valence-corrected chi connectivity index (χ1v) is 21.2. The van der Waals surface area contributed by atoms with Crippen molar-refractivity contribution in [2.24, 2.45) is 0 Å². The van der Waals surface area contributed by atoms with Crippen LogP contribution >= 0.6 is 22.6 Å². The number of anilines is 1. The van der Waals surface area contributed by atoms with Gasteiger partial charge in [-0.05, 0) is 53.3 Å². The Kier molecular flexibility index (Phi) is 23.9. The Bertz CT molecular complexity index is 1260. The SMILES string of the molecule is Cc1cc(N(CCOCCOCC[N+](CCO)(CCO)CCCS(=O)(=O)O)CCOCC[N+](CCO)(CCO)CCCS(=O)(=O)O)ccc1I. The van der Waals surface area contributed by atoms with E-state index in [2.05, 4.69) is 33.6 Å². The van der Waals surface area contributed by atoms with Gasteiger partial charge in [0, 0.05) is 35.2 Å². The van der Waals surface area contributed by atoms with E-state index < -0.39 is 20.2 Å². The molecule has 50 heavy (non-hydrogen) atoms. The Morgan fingerprint density at radius 2 is 1.02 bits per heavy atom. The number of aliphatic hydroxyl groups is 4. The van der Waals surface area contributed by atoms with Gasteiger partial charge in [0.25, 0.3) is 20.2 Å². The van der Waals surface area contributed by atoms with Gasteiger partial charge in [-0.25, -0.2) is 0 Å². The summed E-state index contributed by atoms with van der Waals surface area (Å²) in [5.41, 5.74) is 2.15. The van der Waals surface area contributed by atoms with Crippen LogP contribution in [-0.4, -0.2) is 198 Å². The summed E-state index contributed by atoms with van der Waals surface area (Å²) < 4.78 is 82.2. The van der Waals surface area contributed by atoms with Gasteiger partial charge in [0.2, 0.25) is 0 Å². The molecule has 0 amide bonds. The highest BCUT2D eigenvalue weighted by atomic mass is 127. The van der Waals surface area contributed by atoms with E-state index in [4.69, 9.17) is 23.3 Å². The number of quaternary nitrogens is 2. The van der Waals surface area contributed by atoms with Crippen molar-refractivity contribution >= 4 is 48.5 Å². The number of nitrogens with zero attached hydrogens (tertiary/aromatic N) is 3. The molecule has 0 aliphatic carbocycles. The van der Waals surface area contributed by atoms with E-state index in [0.717, 1.165) is 14.8 Å². The van der Waals surface area contributed by atoms with Crippen LogP contribution in [0.1, 0.15) is 18.4 Å². The Morgan fingerprint density at radius 1 is 0.620 bits per heavy atom. The maximum Gasteiger partial charge on any atom is 0.265 e. The van der Waals surface area contributed by atoms with Crippen molar-refractivity contribution in [3.63, 3.8) is 0 Å². The molecule has 0 heterocycles. The van der Waals surface area contributed by atoms with E-state index in [1.165, 1.54) is 0 Å². The first-order valence-electron chi connectivity index (χ1n) is 16.9. The number of benzene rings is 1. The first kappa shape index (κ1) is 47.2. The lowest BCUT2D eigenvalue weighted by Crippen LogP contribution is -2.54. The second kappa shape index (κ2) is 25.3. The molecule has 0 aliphatic rings. The number of rotatable bonds is 32. The monoisotopic (exact) mass is 873 g/mol. The lowest BCUT2D eigenvalue weighted by atomic mass is 10.2. The van der Waals surface area contributed by atoms with Crippen LogP contribution in [0, 0.1) is 10.5 Å². The summed E-state index contributed by atoms with van der Waals surface area (Å²) >= 11 is 2.29. The van der Waals surface area contributed by atoms with Crippen molar-refractivity contribution in [2.75, 3.05) is 148 Å². The van der Waals surface area contributed by atoms with E-state index in [1.807, 2.05) is 19.1 Å². The number of ether oxygens (including phenoxy) is 3. The van der Waals surface area contributed by atoms with Crippen LogP contribution in [0.4, 0.5) is 5.69 Å². The van der Waals surface area contributed by atoms with Gasteiger partial charge in [0.1, 0.15) is 39.3 Å². The van der Waals surface area contributed by atoms with Crippen molar-refractivity contribution in [2.45, 2.75) is 19.8 Å². The predicted molar refractivity (Wildman–Crippen MR) is 198 cm³/mol. The number of aryl methyl sites for hydroxylation is 1. The molecule has 0 aromatic heterocycles. The van der Waals surface area contributed by atoms with Gasteiger partial charge in [0.15, 0.2) is 0 Å². The molecule has 6 N–H and O–H groups in total. The maximum atomic E-state index is 11.2. The Morgan fingerprint density at radius 3 is 1.40 bits per heavy atom. The maximum absolute atomic E-state index is 11.2. The highest BCUT2D eigenvalue weighted by Crippen LogP contribution is 2.20. The number of aliphatic hydroxyl groups excluding tert-OH is 4. The molecule has 0 spiro atoms. The van der Waals surface area contributed by atoms with Gasteiger partial charge in [-0.3, -0.25) is 9.11 Å². The normalized spacial score (nSPS) is 12.9. The van der Waals surface area contributed by atoms with Crippen LogP contribution < -0.4 is 4.90 Å². The van der Waals surface area contributed by atoms with Crippen molar-refractivity contribution < 1.29 is 69.5 Å². The zero-order chi connectivity index (χ0) is 37.5. The average molecular weight is 874 g/mol. The minimum atomic E-state index is -4.11. The fourth-order valence-electron chi connectivity index (χ4n) is 5.84. The fraction of sp³-hybridized carbons (Fsp3) is 0.806. The number of halogens is 1. The zero-order valence-corrected chi connectivity index (χ0v) is 33.1. The Balaban J connectivity index is 2.64. The third-order valence-electron chi connectivity index (χ3n) is 8.68. The van der Waals surface area contributed by atoms with Crippen molar-refractivity contribution in [3.05, 3.63) is 27.3 Å². The molecule has 0 aliphatic heterocycles. The minimum Gasteiger partial charge on any atom is -0.391 e. The van der Waals surface area contributed by atoms with Crippen LogP contribution in [0.2, 0.25) is 0 Å².